The predicted molar refractivity (Wildman–Crippen MR) is 63.6 cm³/mol. The summed E-state index contributed by atoms with van der Waals surface area (Å²) in [4.78, 5) is 16.9. The third kappa shape index (κ3) is 2.28. The highest BCUT2D eigenvalue weighted by Crippen LogP contribution is 2.29. The van der Waals surface area contributed by atoms with Gasteiger partial charge in [-0.2, -0.15) is 0 Å². The number of methoxy groups -OCH3 is 1. The van der Waals surface area contributed by atoms with Gasteiger partial charge in [0.1, 0.15) is 0 Å². The van der Waals surface area contributed by atoms with Gasteiger partial charge in [-0.15, -0.1) is 0 Å². The lowest BCUT2D eigenvalue weighted by Gasteiger charge is -2.11. The van der Waals surface area contributed by atoms with Crippen LogP contribution in [0, 0.1) is 6.57 Å². The van der Waals surface area contributed by atoms with Crippen molar-refractivity contribution in [1.82, 2.24) is 4.90 Å². The van der Waals surface area contributed by atoms with Crippen LogP contribution >= 0.6 is 0 Å². The van der Waals surface area contributed by atoms with Crippen molar-refractivity contribution < 1.29 is 9.53 Å². The Labute approximate surface area is 99.9 Å². The van der Waals surface area contributed by atoms with Crippen LogP contribution in [0.15, 0.2) is 36.0 Å². The van der Waals surface area contributed by atoms with Crippen molar-refractivity contribution in [2.45, 2.75) is 0 Å². The average molecular weight is 228 g/mol. The Morgan fingerprint density at radius 2 is 2.00 bits per heavy atom. The van der Waals surface area contributed by atoms with Gasteiger partial charge in [0.15, 0.2) is 0 Å². The van der Waals surface area contributed by atoms with Crippen LogP contribution in [-0.4, -0.2) is 31.1 Å². The van der Waals surface area contributed by atoms with Crippen molar-refractivity contribution in [3.05, 3.63) is 53.0 Å². The molecule has 0 bridgehead atoms. The molecule has 1 aliphatic rings. The van der Waals surface area contributed by atoms with Gasteiger partial charge in [0.25, 0.3) is 5.70 Å². The smallest absolute Gasteiger partial charge is 0.338 e. The van der Waals surface area contributed by atoms with Crippen LogP contribution in [0.25, 0.3) is 10.5 Å². The zero-order valence-electron chi connectivity index (χ0n) is 9.51. The largest absolute Gasteiger partial charge is 0.474 e. The first-order valence-corrected chi connectivity index (χ1v) is 5.28. The molecule has 2 rings (SSSR count). The number of hydrogen-bond acceptors (Lipinski definition) is 3. The molecule has 1 aliphatic heterocycles. The number of carbonyl (C=O) groups excluding carboxylic acids is 1. The summed E-state index contributed by atoms with van der Waals surface area (Å²) in [5.41, 5.74) is 1.60. The van der Waals surface area contributed by atoms with Crippen LogP contribution < -0.4 is 0 Å². The van der Waals surface area contributed by atoms with Crippen molar-refractivity contribution >= 4 is 11.7 Å². The first kappa shape index (κ1) is 11.2. The Balaban J connectivity index is 2.51. The molecule has 0 amide bonds. The molecule has 1 aromatic rings. The number of esters is 1. The SMILES string of the molecule is [C-]#[N+]/C(C(=O)OC)=C(\c1ccccc1)N1CC1. The Bertz CT molecular complexity index is 496. The number of benzene rings is 1. The first-order chi connectivity index (χ1) is 8.27. The minimum absolute atomic E-state index is 0.0520. The molecule has 1 aromatic carbocycles. The van der Waals surface area contributed by atoms with Crippen LogP contribution in [0.5, 0.6) is 0 Å². The van der Waals surface area contributed by atoms with Crippen LogP contribution in [0.2, 0.25) is 0 Å². The summed E-state index contributed by atoms with van der Waals surface area (Å²) < 4.78 is 4.65. The van der Waals surface area contributed by atoms with E-state index in [4.69, 9.17) is 6.57 Å². The van der Waals surface area contributed by atoms with Gasteiger partial charge in [-0.1, -0.05) is 30.3 Å². The summed E-state index contributed by atoms with van der Waals surface area (Å²) in [6, 6.07) is 9.46. The molecule has 4 heteroatoms. The van der Waals surface area contributed by atoms with Gasteiger partial charge < -0.3 is 9.64 Å². The maximum Gasteiger partial charge on any atom is 0.338 e. The van der Waals surface area contributed by atoms with Crippen LogP contribution in [0.4, 0.5) is 0 Å². The summed E-state index contributed by atoms with van der Waals surface area (Å²) in [7, 11) is 1.29. The molecule has 0 spiro atoms. The summed E-state index contributed by atoms with van der Waals surface area (Å²) in [5.74, 6) is -0.578. The summed E-state index contributed by atoms with van der Waals surface area (Å²) in [6.45, 7) is 8.88. The Kier molecular flexibility index (Phi) is 3.10. The normalized spacial score (nSPS) is 14.7. The minimum Gasteiger partial charge on any atom is -0.474 e. The van der Waals surface area contributed by atoms with Crippen molar-refractivity contribution in [1.29, 1.82) is 0 Å². The average Bonchev–Trinajstić information content (AvgIpc) is 3.20. The molecule has 0 aliphatic carbocycles. The van der Waals surface area contributed by atoms with Gasteiger partial charge in [-0.3, -0.25) is 4.79 Å². The van der Waals surface area contributed by atoms with Crippen molar-refractivity contribution in [3.8, 4) is 0 Å². The summed E-state index contributed by atoms with van der Waals surface area (Å²) >= 11 is 0. The molecule has 1 fully saturated rings. The quantitative estimate of drug-likeness (QED) is 0.342. The van der Waals surface area contributed by atoms with Crippen LogP contribution in [-0.2, 0) is 9.53 Å². The molecular formula is C13H12N2O2. The molecule has 0 unspecified atom stereocenters. The molecule has 0 atom stereocenters. The van der Waals surface area contributed by atoms with E-state index >= 15 is 0 Å². The lowest BCUT2D eigenvalue weighted by Crippen LogP contribution is -2.09. The van der Waals surface area contributed by atoms with E-state index in [-0.39, 0.29) is 5.70 Å². The lowest BCUT2D eigenvalue weighted by molar-refractivity contribution is -0.135. The zero-order valence-corrected chi connectivity index (χ0v) is 9.51. The number of ether oxygens (including phenoxy) is 1. The van der Waals surface area contributed by atoms with Crippen molar-refractivity contribution in [3.63, 3.8) is 0 Å². The molecule has 17 heavy (non-hydrogen) atoms. The highest BCUT2D eigenvalue weighted by molar-refractivity contribution is 5.99. The zero-order chi connectivity index (χ0) is 12.3. The Hall–Kier alpha value is -2.28. The molecule has 86 valence electrons. The fourth-order valence-electron chi connectivity index (χ4n) is 1.63. The summed E-state index contributed by atoms with van der Waals surface area (Å²) in [5, 5.41) is 0. The van der Waals surface area contributed by atoms with E-state index < -0.39 is 5.97 Å². The molecule has 4 nitrogen and oxygen atoms in total. The van der Waals surface area contributed by atoms with Crippen molar-refractivity contribution in [2.75, 3.05) is 20.2 Å². The lowest BCUT2D eigenvalue weighted by atomic mass is 10.1. The fourth-order valence-corrected chi connectivity index (χ4v) is 1.63. The van der Waals surface area contributed by atoms with Gasteiger partial charge in [0.2, 0.25) is 0 Å². The molecule has 0 saturated carbocycles. The van der Waals surface area contributed by atoms with Gasteiger partial charge in [0, 0.05) is 13.1 Å². The van der Waals surface area contributed by atoms with E-state index in [0.29, 0.717) is 5.70 Å². The fraction of sp³-hybridized carbons (Fsp3) is 0.231. The third-order valence-corrected chi connectivity index (χ3v) is 2.53. The van der Waals surface area contributed by atoms with E-state index in [2.05, 4.69) is 9.58 Å². The second-order valence-electron chi connectivity index (χ2n) is 3.65. The van der Waals surface area contributed by atoms with Crippen LogP contribution in [0.3, 0.4) is 0 Å². The Morgan fingerprint density at radius 1 is 1.35 bits per heavy atom. The summed E-state index contributed by atoms with van der Waals surface area (Å²) in [6.07, 6.45) is 0. The highest BCUT2D eigenvalue weighted by atomic mass is 16.5. The highest BCUT2D eigenvalue weighted by Gasteiger charge is 2.28. The number of nitrogens with zero attached hydrogens (tertiary/aromatic N) is 2. The van der Waals surface area contributed by atoms with Gasteiger partial charge in [-0.25, -0.2) is 4.85 Å². The van der Waals surface area contributed by atoms with E-state index in [0.717, 1.165) is 18.7 Å². The van der Waals surface area contributed by atoms with Gasteiger partial charge in [0.05, 0.1) is 19.4 Å². The molecule has 1 saturated heterocycles. The molecule has 0 radical (unpaired) electrons. The molecule has 0 aromatic heterocycles. The molecular weight excluding hydrogens is 216 g/mol. The van der Waals surface area contributed by atoms with E-state index in [1.807, 2.05) is 35.2 Å². The third-order valence-electron chi connectivity index (χ3n) is 2.53. The van der Waals surface area contributed by atoms with Crippen LogP contribution in [0.1, 0.15) is 5.56 Å². The number of carbonyl (C=O) groups is 1. The van der Waals surface area contributed by atoms with E-state index in [9.17, 15) is 4.79 Å². The second-order valence-corrected chi connectivity index (χ2v) is 3.65. The maximum atomic E-state index is 11.6. The predicted octanol–water partition coefficient (Wildman–Crippen LogP) is 1.76. The standard InChI is InChI=1S/C13H12N2O2/c1-14-11(13(16)17-2)12(15-8-9-15)10-6-4-3-5-7-10/h3-7H,8-9H2,2H3/b12-11+. The van der Waals surface area contributed by atoms with E-state index in [1.165, 1.54) is 7.11 Å². The molecule has 1 heterocycles. The number of rotatable bonds is 3. The monoisotopic (exact) mass is 228 g/mol. The second kappa shape index (κ2) is 4.71. The minimum atomic E-state index is -0.578. The van der Waals surface area contributed by atoms with E-state index in [1.54, 1.807) is 0 Å². The number of hydrogen-bond donors (Lipinski definition) is 0. The topological polar surface area (TPSA) is 33.7 Å². The Morgan fingerprint density at radius 3 is 2.47 bits per heavy atom. The first-order valence-electron chi connectivity index (χ1n) is 5.28. The molecule has 0 N–H and O–H groups in total. The van der Waals surface area contributed by atoms with Gasteiger partial charge in [-0.05, 0) is 5.56 Å². The maximum absolute atomic E-state index is 11.6. The van der Waals surface area contributed by atoms with Crippen molar-refractivity contribution in [2.24, 2.45) is 0 Å². The van der Waals surface area contributed by atoms with Gasteiger partial charge >= 0.3 is 5.97 Å².